The second-order valence-electron chi connectivity index (χ2n) is 4.16. The Morgan fingerprint density at radius 1 is 1.23 bits per heavy atom. The largest absolute Gasteiger partial charge is 0.434 e. The topological polar surface area (TPSA) is 44.1 Å². The smallest absolute Gasteiger partial charge is 0.416 e. The van der Waals surface area contributed by atoms with Gasteiger partial charge in [-0.3, -0.25) is 4.79 Å². The molecule has 0 unspecified atom stereocenters. The summed E-state index contributed by atoms with van der Waals surface area (Å²) in [4.78, 5) is 11.1. The van der Waals surface area contributed by atoms with E-state index in [2.05, 4.69) is 5.10 Å². The summed E-state index contributed by atoms with van der Waals surface area (Å²) in [6.45, 7) is 1.54. The van der Waals surface area contributed by atoms with Gasteiger partial charge in [0.25, 0.3) is 0 Å². The van der Waals surface area contributed by atoms with Crippen molar-refractivity contribution >= 4 is 40.2 Å². The van der Waals surface area contributed by atoms with Crippen molar-refractivity contribution in [2.75, 3.05) is 0 Å². The van der Waals surface area contributed by atoms with Crippen molar-refractivity contribution in [1.29, 1.82) is 0 Å². The summed E-state index contributed by atoms with van der Waals surface area (Å²) in [6.07, 6.45) is -4.59. The van der Waals surface area contributed by atoms with E-state index in [1.165, 1.54) is 13.0 Å². The highest BCUT2D eigenvalue weighted by molar-refractivity contribution is 6.63. The predicted octanol–water partition coefficient (Wildman–Crippen LogP) is 5.52. The van der Waals surface area contributed by atoms with Crippen LogP contribution >= 0.6 is 34.8 Å². The Bertz CT molecular complexity index is 721. The lowest BCUT2D eigenvalue weighted by molar-refractivity contribution is -0.137. The maximum Gasteiger partial charge on any atom is 0.416 e. The molecule has 0 amide bonds. The van der Waals surface area contributed by atoms with E-state index < -0.39 is 17.1 Å². The van der Waals surface area contributed by atoms with Gasteiger partial charge >= 0.3 is 11.5 Å². The molecule has 0 N–H and O–H groups in total. The van der Waals surface area contributed by atoms with Gasteiger partial charge in [0.05, 0.1) is 15.6 Å². The molecule has 0 aliphatic heterocycles. The van der Waals surface area contributed by atoms with E-state index in [9.17, 15) is 18.0 Å². The average Bonchev–Trinajstić information content (AvgIpc) is 2.73. The number of alkyl halides is 3. The van der Waals surface area contributed by atoms with Crippen LogP contribution < -0.4 is 4.74 Å². The highest BCUT2D eigenvalue weighted by Crippen LogP contribution is 2.41. The summed E-state index contributed by atoms with van der Waals surface area (Å²) in [6, 6.07) is 2.71. The molecule has 2 aromatic rings. The van der Waals surface area contributed by atoms with Gasteiger partial charge in [-0.1, -0.05) is 23.2 Å². The van der Waals surface area contributed by atoms with E-state index in [-0.39, 0.29) is 21.7 Å². The number of aromatic nitrogens is 2. The second-order valence-corrected chi connectivity index (χ2v) is 5.30. The fourth-order valence-corrected chi connectivity index (χ4v) is 2.33. The van der Waals surface area contributed by atoms with Gasteiger partial charge in [0.2, 0.25) is 5.88 Å². The molecule has 0 saturated carbocycles. The summed E-state index contributed by atoms with van der Waals surface area (Å²) in [5, 5.41) is 2.18. The van der Waals surface area contributed by atoms with Crippen LogP contribution in [0.25, 0.3) is 0 Å². The first-order valence-corrected chi connectivity index (χ1v) is 6.73. The second kappa shape index (κ2) is 5.98. The van der Waals surface area contributed by atoms with E-state index in [0.717, 1.165) is 4.68 Å². The molecular formula is C12H6Cl3F3N2O2. The van der Waals surface area contributed by atoms with Crippen LogP contribution in [0.5, 0.6) is 11.6 Å². The van der Waals surface area contributed by atoms with Gasteiger partial charge in [0.1, 0.15) is 0 Å². The Kier molecular flexibility index (Phi) is 4.60. The van der Waals surface area contributed by atoms with Crippen molar-refractivity contribution in [1.82, 2.24) is 9.78 Å². The fraction of sp³-hybridized carbons (Fsp3) is 0.167. The molecule has 0 fully saturated rings. The molecule has 118 valence electrons. The molecule has 1 heterocycles. The van der Waals surface area contributed by atoms with E-state index in [1.54, 1.807) is 0 Å². The Morgan fingerprint density at radius 3 is 2.18 bits per heavy atom. The number of ether oxygens (including phenoxy) is 1. The molecule has 1 aromatic carbocycles. The first kappa shape index (κ1) is 16.9. The zero-order valence-electron chi connectivity index (χ0n) is 10.7. The van der Waals surface area contributed by atoms with Gasteiger partial charge in [-0.05, 0) is 30.7 Å². The zero-order valence-corrected chi connectivity index (χ0v) is 13.0. The molecule has 0 aliphatic rings. The van der Waals surface area contributed by atoms with Gasteiger partial charge in [-0.25, -0.2) is 0 Å². The summed E-state index contributed by atoms with van der Waals surface area (Å²) < 4.78 is 44.0. The molecule has 2 rings (SSSR count). The number of halogens is 6. The van der Waals surface area contributed by atoms with Crippen LogP contribution in [0.2, 0.25) is 10.0 Å². The molecule has 0 bridgehead atoms. The lowest BCUT2D eigenvalue weighted by Gasteiger charge is -2.11. The third kappa shape index (κ3) is 3.48. The number of nitrogens with zero attached hydrogens (tertiary/aromatic N) is 2. The summed E-state index contributed by atoms with van der Waals surface area (Å²) in [5.41, 5.74) is -0.637. The quantitative estimate of drug-likeness (QED) is 0.651. The summed E-state index contributed by atoms with van der Waals surface area (Å²) >= 11 is 16.8. The summed E-state index contributed by atoms with van der Waals surface area (Å²) in [5.74, 6) is -0.293. The third-order valence-corrected chi connectivity index (χ3v) is 3.29. The standard InChI is InChI=1S/C12H6Cl3F3N2O2/c1-5-2-9(19-20(5)11(15)21)22-10-7(13)3-6(4-8(10)14)12(16,17)18/h2-4H,1H3. The number of carbonyl (C=O) groups excluding carboxylic acids is 1. The Hall–Kier alpha value is -1.44. The molecule has 0 atom stereocenters. The van der Waals surface area contributed by atoms with Gasteiger partial charge < -0.3 is 4.74 Å². The van der Waals surface area contributed by atoms with Crippen molar-refractivity contribution in [3.8, 4) is 11.6 Å². The monoisotopic (exact) mass is 372 g/mol. The molecule has 4 nitrogen and oxygen atoms in total. The SMILES string of the molecule is Cc1cc(Oc2c(Cl)cc(C(F)(F)F)cc2Cl)nn1C(=O)Cl. The van der Waals surface area contributed by atoms with Crippen LogP contribution in [0.4, 0.5) is 18.0 Å². The molecule has 22 heavy (non-hydrogen) atoms. The first-order valence-electron chi connectivity index (χ1n) is 5.60. The third-order valence-electron chi connectivity index (χ3n) is 2.56. The predicted molar refractivity (Wildman–Crippen MR) is 75.1 cm³/mol. The number of benzene rings is 1. The van der Waals surface area contributed by atoms with Crippen molar-refractivity contribution in [3.05, 3.63) is 39.5 Å². The first-order chi connectivity index (χ1) is 10.1. The Labute approximate surface area is 137 Å². The van der Waals surface area contributed by atoms with E-state index >= 15 is 0 Å². The number of carbonyl (C=O) groups is 1. The minimum Gasteiger partial charge on any atom is -0.434 e. The molecule has 0 radical (unpaired) electrons. The van der Waals surface area contributed by atoms with E-state index in [1.807, 2.05) is 0 Å². The van der Waals surface area contributed by atoms with E-state index in [0.29, 0.717) is 17.8 Å². The molecule has 0 saturated heterocycles. The van der Waals surface area contributed by atoms with Crippen molar-refractivity contribution in [3.63, 3.8) is 0 Å². The lowest BCUT2D eigenvalue weighted by atomic mass is 10.2. The van der Waals surface area contributed by atoms with Crippen LogP contribution in [0.1, 0.15) is 11.3 Å². The van der Waals surface area contributed by atoms with Crippen LogP contribution in [0.15, 0.2) is 18.2 Å². The van der Waals surface area contributed by atoms with Gasteiger partial charge in [0.15, 0.2) is 5.75 Å². The molecule has 1 aromatic heterocycles. The van der Waals surface area contributed by atoms with Crippen LogP contribution in [0.3, 0.4) is 0 Å². The average molecular weight is 374 g/mol. The molecule has 0 aliphatic carbocycles. The van der Waals surface area contributed by atoms with Crippen LogP contribution in [0, 0.1) is 6.92 Å². The fourth-order valence-electron chi connectivity index (χ4n) is 1.60. The van der Waals surface area contributed by atoms with Crippen LogP contribution in [-0.2, 0) is 6.18 Å². The van der Waals surface area contributed by atoms with Gasteiger partial charge in [0, 0.05) is 11.8 Å². The van der Waals surface area contributed by atoms with Gasteiger partial charge in [-0.2, -0.15) is 17.9 Å². The minimum atomic E-state index is -4.59. The minimum absolute atomic E-state index is 0.0879. The normalized spacial score (nSPS) is 11.6. The summed E-state index contributed by atoms with van der Waals surface area (Å²) in [7, 11) is 0. The zero-order chi connectivity index (χ0) is 16.7. The van der Waals surface area contributed by atoms with E-state index in [4.69, 9.17) is 39.5 Å². The number of hydrogen-bond acceptors (Lipinski definition) is 3. The molecule has 0 spiro atoms. The number of aryl methyl sites for hydroxylation is 1. The Morgan fingerprint density at radius 2 is 1.77 bits per heavy atom. The highest BCUT2D eigenvalue weighted by atomic mass is 35.5. The number of hydrogen-bond donors (Lipinski definition) is 0. The van der Waals surface area contributed by atoms with Crippen molar-refractivity contribution in [2.45, 2.75) is 13.1 Å². The molecular weight excluding hydrogens is 367 g/mol. The van der Waals surface area contributed by atoms with Crippen LogP contribution in [-0.4, -0.2) is 15.1 Å². The highest BCUT2D eigenvalue weighted by Gasteiger charge is 2.32. The maximum absolute atomic E-state index is 12.6. The number of rotatable bonds is 2. The maximum atomic E-state index is 12.6. The molecule has 10 heteroatoms. The van der Waals surface area contributed by atoms with Crippen molar-refractivity contribution in [2.24, 2.45) is 0 Å². The lowest BCUT2D eigenvalue weighted by Crippen LogP contribution is -2.06. The van der Waals surface area contributed by atoms with Gasteiger partial charge in [-0.15, -0.1) is 5.10 Å². The Balaban J connectivity index is 2.38. The van der Waals surface area contributed by atoms with Crippen molar-refractivity contribution < 1.29 is 22.7 Å².